The molecule has 0 aliphatic heterocycles. The SMILES string of the molecule is CC(C)CCC(O)c1cccc(C#N)c1. The van der Waals surface area contributed by atoms with Crippen molar-refractivity contribution >= 4 is 0 Å². The lowest BCUT2D eigenvalue weighted by atomic mass is 9.99. The van der Waals surface area contributed by atoms with E-state index in [2.05, 4.69) is 19.9 Å². The fourth-order valence-electron chi connectivity index (χ4n) is 1.47. The molecular formula is C13H17NO. The number of aliphatic hydroxyl groups is 1. The van der Waals surface area contributed by atoms with Crippen LogP contribution in [0.1, 0.15) is 43.9 Å². The van der Waals surface area contributed by atoms with Gasteiger partial charge in [0.15, 0.2) is 0 Å². The van der Waals surface area contributed by atoms with E-state index in [4.69, 9.17) is 5.26 Å². The Kier molecular flexibility index (Phi) is 4.33. The lowest BCUT2D eigenvalue weighted by molar-refractivity contribution is 0.159. The zero-order valence-corrected chi connectivity index (χ0v) is 9.27. The molecule has 1 unspecified atom stereocenters. The first-order chi connectivity index (χ1) is 7.13. The molecule has 0 spiro atoms. The predicted octanol–water partition coefficient (Wildman–Crippen LogP) is 3.03. The van der Waals surface area contributed by atoms with Crippen molar-refractivity contribution in [2.24, 2.45) is 5.92 Å². The molecule has 15 heavy (non-hydrogen) atoms. The van der Waals surface area contributed by atoms with E-state index in [0.29, 0.717) is 11.5 Å². The van der Waals surface area contributed by atoms with Crippen LogP contribution in [0.4, 0.5) is 0 Å². The monoisotopic (exact) mass is 203 g/mol. The van der Waals surface area contributed by atoms with Gasteiger partial charge in [0.1, 0.15) is 0 Å². The first kappa shape index (κ1) is 11.7. The molecule has 0 fully saturated rings. The van der Waals surface area contributed by atoms with Crippen molar-refractivity contribution in [2.45, 2.75) is 32.8 Å². The highest BCUT2D eigenvalue weighted by Gasteiger charge is 2.08. The molecule has 0 radical (unpaired) electrons. The standard InChI is InChI=1S/C13H17NO/c1-10(2)6-7-13(15)12-5-3-4-11(8-12)9-14/h3-5,8,10,13,15H,6-7H2,1-2H3. The minimum Gasteiger partial charge on any atom is -0.388 e. The summed E-state index contributed by atoms with van der Waals surface area (Å²) in [6.07, 6.45) is 1.31. The van der Waals surface area contributed by atoms with E-state index < -0.39 is 6.10 Å². The van der Waals surface area contributed by atoms with Gasteiger partial charge in [-0.05, 0) is 36.5 Å². The minimum absolute atomic E-state index is 0.444. The number of benzene rings is 1. The molecule has 0 saturated carbocycles. The van der Waals surface area contributed by atoms with Gasteiger partial charge in [0.05, 0.1) is 17.7 Å². The fraction of sp³-hybridized carbons (Fsp3) is 0.462. The van der Waals surface area contributed by atoms with Crippen molar-refractivity contribution in [1.82, 2.24) is 0 Å². The second kappa shape index (κ2) is 5.53. The van der Waals surface area contributed by atoms with Crippen LogP contribution in [0.2, 0.25) is 0 Å². The van der Waals surface area contributed by atoms with Crippen LogP contribution in [0.5, 0.6) is 0 Å². The Morgan fingerprint density at radius 2 is 2.07 bits per heavy atom. The summed E-state index contributed by atoms with van der Waals surface area (Å²) in [6, 6.07) is 9.26. The summed E-state index contributed by atoms with van der Waals surface area (Å²) in [7, 11) is 0. The van der Waals surface area contributed by atoms with E-state index in [1.54, 1.807) is 12.1 Å². The van der Waals surface area contributed by atoms with E-state index >= 15 is 0 Å². The van der Waals surface area contributed by atoms with E-state index in [1.807, 2.05) is 12.1 Å². The fourth-order valence-corrected chi connectivity index (χ4v) is 1.47. The number of rotatable bonds is 4. The molecule has 2 nitrogen and oxygen atoms in total. The van der Waals surface area contributed by atoms with E-state index in [-0.39, 0.29) is 0 Å². The van der Waals surface area contributed by atoms with Crippen LogP contribution in [0.3, 0.4) is 0 Å². The average Bonchev–Trinajstić information content (AvgIpc) is 2.26. The quantitative estimate of drug-likeness (QED) is 0.817. The van der Waals surface area contributed by atoms with Crippen molar-refractivity contribution in [3.05, 3.63) is 35.4 Å². The molecule has 0 amide bonds. The summed E-state index contributed by atoms with van der Waals surface area (Å²) in [5.74, 6) is 0.596. The third-order valence-corrected chi connectivity index (χ3v) is 2.42. The van der Waals surface area contributed by atoms with Crippen LogP contribution in [-0.4, -0.2) is 5.11 Å². The molecule has 2 heteroatoms. The zero-order valence-electron chi connectivity index (χ0n) is 9.27. The van der Waals surface area contributed by atoms with Gasteiger partial charge >= 0.3 is 0 Å². The van der Waals surface area contributed by atoms with E-state index in [1.165, 1.54) is 0 Å². The smallest absolute Gasteiger partial charge is 0.0991 e. The molecule has 0 heterocycles. The number of nitriles is 1. The summed E-state index contributed by atoms with van der Waals surface area (Å²) in [5, 5.41) is 18.6. The average molecular weight is 203 g/mol. The van der Waals surface area contributed by atoms with E-state index in [9.17, 15) is 5.11 Å². The van der Waals surface area contributed by atoms with Crippen LogP contribution in [0, 0.1) is 17.2 Å². The van der Waals surface area contributed by atoms with Gasteiger partial charge in [0.25, 0.3) is 0 Å². The lowest BCUT2D eigenvalue weighted by Gasteiger charge is -2.12. The molecule has 1 aromatic rings. The maximum atomic E-state index is 9.88. The Morgan fingerprint density at radius 1 is 1.33 bits per heavy atom. The van der Waals surface area contributed by atoms with Crippen molar-refractivity contribution in [3.63, 3.8) is 0 Å². The summed E-state index contributed by atoms with van der Waals surface area (Å²) >= 11 is 0. The van der Waals surface area contributed by atoms with Crippen LogP contribution < -0.4 is 0 Å². The van der Waals surface area contributed by atoms with Gasteiger partial charge in [0.2, 0.25) is 0 Å². The van der Waals surface area contributed by atoms with Crippen molar-refractivity contribution in [3.8, 4) is 6.07 Å². The Morgan fingerprint density at radius 3 is 2.67 bits per heavy atom. The first-order valence-electron chi connectivity index (χ1n) is 5.31. The third kappa shape index (κ3) is 3.73. The summed E-state index contributed by atoms with van der Waals surface area (Å²) in [5.41, 5.74) is 1.45. The summed E-state index contributed by atoms with van der Waals surface area (Å²) < 4.78 is 0. The minimum atomic E-state index is -0.444. The van der Waals surface area contributed by atoms with Gasteiger partial charge in [-0.1, -0.05) is 26.0 Å². The summed E-state index contributed by atoms with van der Waals surface area (Å²) in [6.45, 7) is 4.27. The predicted molar refractivity (Wildman–Crippen MR) is 60.2 cm³/mol. The highest BCUT2D eigenvalue weighted by Crippen LogP contribution is 2.21. The highest BCUT2D eigenvalue weighted by atomic mass is 16.3. The Bertz CT molecular complexity index is 352. The Hall–Kier alpha value is -1.33. The van der Waals surface area contributed by atoms with Crippen LogP contribution in [0.25, 0.3) is 0 Å². The maximum Gasteiger partial charge on any atom is 0.0991 e. The van der Waals surface area contributed by atoms with Crippen molar-refractivity contribution in [1.29, 1.82) is 5.26 Å². The van der Waals surface area contributed by atoms with Gasteiger partial charge in [-0.25, -0.2) is 0 Å². The molecule has 0 bridgehead atoms. The molecule has 1 N–H and O–H groups in total. The Labute approximate surface area is 91.2 Å². The molecule has 1 rings (SSSR count). The second-order valence-electron chi connectivity index (χ2n) is 4.22. The number of nitrogens with zero attached hydrogens (tertiary/aromatic N) is 1. The van der Waals surface area contributed by atoms with E-state index in [0.717, 1.165) is 18.4 Å². The molecule has 1 aromatic carbocycles. The van der Waals surface area contributed by atoms with Crippen molar-refractivity contribution in [2.75, 3.05) is 0 Å². The lowest BCUT2D eigenvalue weighted by Crippen LogP contribution is -2.00. The number of hydrogen-bond acceptors (Lipinski definition) is 2. The summed E-state index contributed by atoms with van der Waals surface area (Å²) in [4.78, 5) is 0. The first-order valence-corrected chi connectivity index (χ1v) is 5.31. The van der Waals surface area contributed by atoms with Crippen LogP contribution in [-0.2, 0) is 0 Å². The molecule has 0 aliphatic carbocycles. The zero-order chi connectivity index (χ0) is 11.3. The molecule has 0 saturated heterocycles. The van der Waals surface area contributed by atoms with Crippen molar-refractivity contribution < 1.29 is 5.11 Å². The topological polar surface area (TPSA) is 44.0 Å². The van der Waals surface area contributed by atoms with Gasteiger partial charge in [0, 0.05) is 0 Å². The molecule has 0 aliphatic rings. The number of aliphatic hydroxyl groups excluding tert-OH is 1. The maximum absolute atomic E-state index is 9.88. The molecular weight excluding hydrogens is 186 g/mol. The molecule has 80 valence electrons. The van der Waals surface area contributed by atoms with Gasteiger partial charge in [-0.2, -0.15) is 5.26 Å². The molecule has 0 aromatic heterocycles. The largest absolute Gasteiger partial charge is 0.388 e. The van der Waals surface area contributed by atoms with Crippen LogP contribution in [0.15, 0.2) is 24.3 Å². The normalized spacial score (nSPS) is 12.5. The third-order valence-electron chi connectivity index (χ3n) is 2.42. The van der Waals surface area contributed by atoms with Crippen LogP contribution >= 0.6 is 0 Å². The second-order valence-corrected chi connectivity index (χ2v) is 4.22. The number of hydrogen-bond donors (Lipinski definition) is 1. The van der Waals surface area contributed by atoms with Gasteiger partial charge in [-0.3, -0.25) is 0 Å². The highest BCUT2D eigenvalue weighted by molar-refractivity contribution is 5.33. The van der Waals surface area contributed by atoms with Gasteiger partial charge < -0.3 is 5.11 Å². The van der Waals surface area contributed by atoms with Gasteiger partial charge in [-0.15, -0.1) is 0 Å². The Balaban J connectivity index is 2.65. The molecule has 1 atom stereocenters.